The molecule has 1 saturated heterocycles. The molecule has 1 amide bonds. The van der Waals surface area contributed by atoms with Gasteiger partial charge < -0.3 is 15.4 Å². The van der Waals surface area contributed by atoms with E-state index in [0.717, 1.165) is 12.8 Å². The van der Waals surface area contributed by atoms with Gasteiger partial charge in [0.25, 0.3) is 0 Å². The highest BCUT2D eigenvalue weighted by Gasteiger charge is 2.34. The van der Waals surface area contributed by atoms with Crippen LogP contribution >= 0.6 is 0 Å². The third-order valence-electron chi connectivity index (χ3n) is 4.18. The molecule has 2 aliphatic rings. The summed E-state index contributed by atoms with van der Waals surface area (Å²) < 4.78 is 5.40. The Bertz CT molecular complexity index is 450. The number of amides is 1. The Morgan fingerprint density at radius 1 is 1.32 bits per heavy atom. The second kappa shape index (κ2) is 5.31. The summed E-state index contributed by atoms with van der Waals surface area (Å²) in [6.45, 7) is 2.35. The van der Waals surface area contributed by atoms with Crippen LogP contribution in [0.5, 0.6) is 0 Å². The van der Waals surface area contributed by atoms with Crippen molar-refractivity contribution in [3.63, 3.8) is 0 Å². The van der Waals surface area contributed by atoms with E-state index in [2.05, 4.69) is 12.1 Å². The molecule has 3 rings (SSSR count). The fourth-order valence-corrected chi connectivity index (χ4v) is 3.11. The van der Waals surface area contributed by atoms with E-state index in [4.69, 9.17) is 10.5 Å². The molecule has 1 aromatic carbocycles. The molecule has 1 heterocycles. The van der Waals surface area contributed by atoms with Gasteiger partial charge in [-0.05, 0) is 24.0 Å². The van der Waals surface area contributed by atoms with Crippen molar-refractivity contribution in [2.24, 2.45) is 11.7 Å². The summed E-state index contributed by atoms with van der Waals surface area (Å²) in [6, 6.07) is 8.39. The maximum absolute atomic E-state index is 12.7. The molecule has 1 aliphatic heterocycles. The SMILES string of the molecule is NCC1COCCN1C(=O)C1Cc2ccccc2C1. The molecule has 0 bridgehead atoms. The van der Waals surface area contributed by atoms with Crippen LogP contribution < -0.4 is 5.73 Å². The third kappa shape index (κ3) is 2.38. The molecule has 1 unspecified atom stereocenters. The first-order valence-electron chi connectivity index (χ1n) is 6.94. The quantitative estimate of drug-likeness (QED) is 0.846. The van der Waals surface area contributed by atoms with E-state index in [1.54, 1.807) is 0 Å². The van der Waals surface area contributed by atoms with Crippen molar-refractivity contribution in [2.75, 3.05) is 26.3 Å². The van der Waals surface area contributed by atoms with Gasteiger partial charge in [-0.25, -0.2) is 0 Å². The lowest BCUT2D eigenvalue weighted by atomic mass is 10.0. The van der Waals surface area contributed by atoms with Crippen LogP contribution in [0.15, 0.2) is 24.3 Å². The van der Waals surface area contributed by atoms with Gasteiger partial charge in [-0.2, -0.15) is 0 Å². The largest absolute Gasteiger partial charge is 0.377 e. The molecule has 0 radical (unpaired) electrons. The molecule has 1 aliphatic carbocycles. The minimum Gasteiger partial charge on any atom is -0.377 e. The summed E-state index contributed by atoms with van der Waals surface area (Å²) in [5.41, 5.74) is 8.38. The zero-order chi connectivity index (χ0) is 13.2. The van der Waals surface area contributed by atoms with E-state index in [0.29, 0.717) is 26.3 Å². The molecule has 0 aromatic heterocycles. The van der Waals surface area contributed by atoms with E-state index in [1.165, 1.54) is 11.1 Å². The van der Waals surface area contributed by atoms with Crippen LogP contribution in [0.4, 0.5) is 0 Å². The Balaban J connectivity index is 1.72. The van der Waals surface area contributed by atoms with Crippen LogP contribution in [0.1, 0.15) is 11.1 Å². The van der Waals surface area contributed by atoms with Gasteiger partial charge >= 0.3 is 0 Å². The number of fused-ring (bicyclic) bond motifs is 1. The van der Waals surface area contributed by atoms with Crippen LogP contribution in [-0.4, -0.2) is 43.2 Å². The van der Waals surface area contributed by atoms with Crippen LogP contribution in [-0.2, 0) is 22.4 Å². The van der Waals surface area contributed by atoms with Gasteiger partial charge in [-0.3, -0.25) is 4.79 Å². The number of carbonyl (C=O) groups is 1. The normalized spacial score (nSPS) is 23.4. The predicted octanol–water partition coefficient (Wildman–Crippen LogP) is 0.588. The average Bonchev–Trinajstić information content (AvgIpc) is 2.90. The Labute approximate surface area is 113 Å². The zero-order valence-corrected chi connectivity index (χ0v) is 11.0. The minimum absolute atomic E-state index is 0.0463. The molecule has 19 heavy (non-hydrogen) atoms. The lowest BCUT2D eigenvalue weighted by molar-refractivity contribution is -0.143. The number of nitrogens with two attached hydrogens (primary N) is 1. The van der Waals surface area contributed by atoms with E-state index in [1.807, 2.05) is 17.0 Å². The number of hydrogen-bond acceptors (Lipinski definition) is 3. The minimum atomic E-state index is 0.0463. The second-order valence-corrected chi connectivity index (χ2v) is 5.37. The van der Waals surface area contributed by atoms with Gasteiger partial charge in [-0.15, -0.1) is 0 Å². The molecule has 102 valence electrons. The first-order valence-corrected chi connectivity index (χ1v) is 6.94. The first kappa shape index (κ1) is 12.6. The molecule has 0 saturated carbocycles. The molecule has 0 spiro atoms. The number of ether oxygens (including phenoxy) is 1. The fraction of sp³-hybridized carbons (Fsp3) is 0.533. The average molecular weight is 260 g/mol. The first-order chi connectivity index (χ1) is 9.29. The van der Waals surface area contributed by atoms with E-state index < -0.39 is 0 Å². The topological polar surface area (TPSA) is 55.6 Å². The maximum Gasteiger partial charge on any atom is 0.226 e. The van der Waals surface area contributed by atoms with Gasteiger partial charge in [-0.1, -0.05) is 24.3 Å². The maximum atomic E-state index is 12.7. The molecule has 4 nitrogen and oxygen atoms in total. The second-order valence-electron chi connectivity index (χ2n) is 5.37. The number of rotatable bonds is 2. The molecule has 1 fully saturated rings. The van der Waals surface area contributed by atoms with Crippen LogP contribution in [0.25, 0.3) is 0 Å². The molecular weight excluding hydrogens is 240 g/mol. The van der Waals surface area contributed by atoms with Crippen molar-refractivity contribution in [1.29, 1.82) is 0 Å². The van der Waals surface area contributed by atoms with E-state index in [-0.39, 0.29) is 17.9 Å². The van der Waals surface area contributed by atoms with Gasteiger partial charge in [0.1, 0.15) is 0 Å². The number of morpholine rings is 1. The summed E-state index contributed by atoms with van der Waals surface area (Å²) in [5.74, 6) is 0.333. The standard InChI is InChI=1S/C15H20N2O2/c16-9-14-10-19-6-5-17(14)15(18)13-7-11-3-1-2-4-12(11)8-13/h1-4,13-14H,5-10,16H2. The summed E-state index contributed by atoms with van der Waals surface area (Å²) >= 11 is 0. The van der Waals surface area contributed by atoms with E-state index >= 15 is 0 Å². The highest BCUT2D eigenvalue weighted by Crippen LogP contribution is 2.28. The monoisotopic (exact) mass is 260 g/mol. The summed E-state index contributed by atoms with van der Waals surface area (Å²) in [5, 5.41) is 0. The highest BCUT2D eigenvalue weighted by molar-refractivity contribution is 5.81. The molecule has 1 aromatic rings. The zero-order valence-electron chi connectivity index (χ0n) is 11.0. The van der Waals surface area contributed by atoms with Gasteiger partial charge in [0.2, 0.25) is 5.91 Å². The van der Waals surface area contributed by atoms with Gasteiger partial charge in [0.05, 0.1) is 19.3 Å². The molecule has 1 atom stereocenters. The summed E-state index contributed by atoms with van der Waals surface area (Å²) in [4.78, 5) is 14.6. The van der Waals surface area contributed by atoms with Crippen molar-refractivity contribution in [3.8, 4) is 0 Å². The summed E-state index contributed by atoms with van der Waals surface area (Å²) in [6.07, 6.45) is 1.73. The van der Waals surface area contributed by atoms with Crippen molar-refractivity contribution < 1.29 is 9.53 Å². The number of carbonyl (C=O) groups excluding carboxylic acids is 1. The van der Waals surface area contributed by atoms with Crippen LogP contribution in [0.3, 0.4) is 0 Å². The van der Waals surface area contributed by atoms with E-state index in [9.17, 15) is 4.79 Å². The van der Waals surface area contributed by atoms with Gasteiger partial charge in [0, 0.05) is 19.0 Å². The summed E-state index contributed by atoms with van der Waals surface area (Å²) in [7, 11) is 0. The van der Waals surface area contributed by atoms with Crippen LogP contribution in [0.2, 0.25) is 0 Å². The fourth-order valence-electron chi connectivity index (χ4n) is 3.11. The predicted molar refractivity (Wildman–Crippen MR) is 72.7 cm³/mol. The molecular formula is C15H20N2O2. The Kier molecular flexibility index (Phi) is 3.53. The van der Waals surface area contributed by atoms with Crippen molar-refractivity contribution >= 4 is 5.91 Å². The van der Waals surface area contributed by atoms with Crippen molar-refractivity contribution in [1.82, 2.24) is 4.90 Å². The number of nitrogens with zero attached hydrogens (tertiary/aromatic N) is 1. The van der Waals surface area contributed by atoms with Crippen molar-refractivity contribution in [2.45, 2.75) is 18.9 Å². The lowest BCUT2D eigenvalue weighted by Crippen LogP contribution is -2.53. The third-order valence-corrected chi connectivity index (χ3v) is 4.18. The molecule has 4 heteroatoms. The number of hydrogen-bond donors (Lipinski definition) is 1. The van der Waals surface area contributed by atoms with Crippen molar-refractivity contribution in [3.05, 3.63) is 35.4 Å². The van der Waals surface area contributed by atoms with Gasteiger partial charge in [0.15, 0.2) is 0 Å². The Hall–Kier alpha value is -1.39. The highest BCUT2D eigenvalue weighted by atomic mass is 16.5. The Morgan fingerprint density at radius 3 is 2.63 bits per heavy atom. The Morgan fingerprint density at radius 2 is 2.00 bits per heavy atom. The smallest absolute Gasteiger partial charge is 0.226 e. The number of benzene rings is 1. The van der Waals surface area contributed by atoms with Crippen LogP contribution in [0, 0.1) is 5.92 Å². The molecule has 2 N–H and O–H groups in total. The lowest BCUT2D eigenvalue weighted by Gasteiger charge is -2.36.